The predicted octanol–water partition coefficient (Wildman–Crippen LogP) is 0.748. The molecule has 1 unspecified atom stereocenters. The first-order chi connectivity index (χ1) is 5.10. The van der Waals surface area contributed by atoms with Crippen LogP contribution in [0.4, 0.5) is 0 Å². The van der Waals surface area contributed by atoms with Crippen molar-refractivity contribution in [2.75, 3.05) is 14.1 Å². The molecule has 2 saturated heterocycles. The third kappa shape index (κ3) is 1.00. The molecule has 2 aliphatic rings. The van der Waals surface area contributed by atoms with Gasteiger partial charge in [-0.2, -0.15) is 0 Å². The minimum absolute atomic E-state index is 0.00125. The van der Waals surface area contributed by atoms with Gasteiger partial charge in [0.05, 0.1) is 32.3 Å². The lowest BCUT2D eigenvalue weighted by molar-refractivity contribution is -0.931. The molecule has 2 heteroatoms. The van der Waals surface area contributed by atoms with Crippen LogP contribution in [0.3, 0.4) is 0 Å². The number of piperidine rings is 1. The summed E-state index contributed by atoms with van der Waals surface area (Å²) in [5.41, 5.74) is 0. The van der Waals surface area contributed by atoms with Gasteiger partial charge in [0.25, 0.3) is 0 Å². The van der Waals surface area contributed by atoms with Gasteiger partial charge < -0.3 is 9.59 Å². The molecular weight excluding hydrogens is 138 g/mol. The predicted molar refractivity (Wildman–Crippen MR) is 44.2 cm³/mol. The average Bonchev–Trinajstić information content (AvgIpc) is 2.19. The van der Waals surface area contributed by atoms with Gasteiger partial charge in [0.1, 0.15) is 0 Å². The highest BCUT2D eigenvalue weighted by molar-refractivity contribution is 4.84. The van der Waals surface area contributed by atoms with Crippen molar-refractivity contribution < 1.29 is 9.59 Å². The van der Waals surface area contributed by atoms with Crippen LogP contribution in [0.15, 0.2) is 0 Å². The maximum Gasteiger partial charge on any atom is 0.0915 e. The van der Waals surface area contributed by atoms with E-state index >= 15 is 0 Å². The molecule has 0 saturated carbocycles. The second-order valence-corrected chi connectivity index (χ2v) is 4.64. The number of hydrogen-bond donors (Lipinski definition) is 1. The van der Waals surface area contributed by atoms with E-state index in [0.29, 0.717) is 0 Å². The Morgan fingerprint density at radius 1 is 1.09 bits per heavy atom. The maximum atomic E-state index is 9.51. The van der Waals surface area contributed by atoms with Crippen molar-refractivity contribution in [1.82, 2.24) is 0 Å². The number of rotatable bonds is 0. The van der Waals surface area contributed by atoms with E-state index < -0.39 is 0 Å². The Morgan fingerprint density at radius 3 is 2.00 bits per heavy atom. The average molecular weight is 156 g/mol. The Morgan fingerprint density at radius 2 is 1.55 bits per heavy atom. The highest BCUT2D eigenvalue weighted by atomic mass is 16.3. The number of aliphatic hydroxyl groups excluding tert-OH is 1. The minimum atomic E-state index is -0.00125. The van der Waals surface area contributed by atoms with Crippen LogP contribution < -0.4 is 0 Å². The number of fused-ring (bicyclic) bond motifs is 2. The van der Waals surface area contributed by atoms with Crippen molar-refractivity contribution in [3.8, 4) is 0 Å². The summed E-state index contributed by atoms with van der Waals surface area (Å²) in [5, 5.41) is 9.51. The zero-order chi connectivity index (χ0) is 8.06. The molecule has 2 fully saturated rings. The molecule has 2 nitrogen and oxygen atoms in total. The van der Waals surface area contributed by atoms with Crippen molar-refractivity contribution in [2.45, 2.75) is 43.9 Å². The van der Waals surface area contributed by atoms with Gasteiger partial charge in [-0.05, 0) is 0 Å². The monoisotopic (exact) mass is 156 g/mol. The Bertz CT molecular complexity index is 151. The van der Waals surface area contributed by atoms with Crippen LogP contribution in [-0.2, 0) is 0 Å². The van der Waals surface area contributed by atoms with Gasteiger partial charge in [0, 0.05) is 25.7 Å². The molecule has 0 aromatic heterocycles. The zero-order valence-corrected chi connectivity index (χ0v) is 7.45. The van der Waals surface area contributed by atoms with Gasteiger partial charge in [-0.25, -0.2) is 0 Å². The van der Waals surface area contributed by atoms with E-state index in [1.165, 1.54) is 12.8 Å². The fourth-order valence-electron chi connectivity index (χ4n) is 2.85. The van der Waals surface area contributed by atoms with E-state index in [-0.39, 0.29) is 6.10 Å². The van der Waals surface area contributed by atoms with Gasteiger partial charge >= 0.3 is 0 Å². The smallest absolute Gasteiger partial charge is 0.0915 e. The molecule has 1 N–H and O–H groups in total. The molecule has 0 aromatic carbocycles. The van der Waals surface area contributed by atoms with Crippen molar-refractivity contribution in [3.63, 3.8) is 0 Å². The molecule has 0 amide bonds. The Kier molecular flexibility index (Phi) is 1.52. The normalized spacial score (nSPS) is 47.7. The second-order valence-electron chi connectivity index (χ2n) is 4.64. The lowest BCUT2D eigenvalue weighted by Gasteiger charge is -2.42. The van der Waals surface area contributed by atoms with E-state index in [1.54, 1.807) is 0 Å². The first-order valence-corrected chi connectivity index (χ1v) is 4.62. The first kappa shape index (κ1) is 7.56. The summed E-state index contributed by atoms with van der Waals surface area (Å²) in [4.78, 5) is 0. The molecule has 0 spiro atoms. The van der Waals surface area contributed by atoms with Crippen LogP contribution in [-0.4, -0.2) is 41.9 Å². The lowest BCUT2D eigenvalue weighted by Crippen LogP contribution is -2.55. The Hall–Kier alpha value is -0.0800. The lowest BCUT2D eigenvalue weighted by atomic mass is 9.98. The summed E-state index contributed by atoms with van der Waals surface area (Å²) < 4.78 is 1.16. The highest BCUT2D eigenvalue weighted by Gasteiger charge is 2.48. The summed E-state index contributed by atoms with van der Waals surface area (Å²) in [6.07, 6.45) is 4.72. The van der Waals surface area contributed by atoms with E-state index in [9.17, 15) is 5.11 Å². The van der Waals surface area contributed by atoms with Gasteiger partial charge in [-0.15, -0.1) is 0 Å². The first-order valence-electron chi connectivity index (χ1n) is 4.62. The SMILES string of the molecule is C[N+]1(C)[C@@H]2CC[C@H]1CC(O)C2. The second kappa shape index (κ2) is 2.20. The summed E-state index contributed by atoms with van der Waals surface area (Å²) in [5.74, 6) is 0. The van der Waals surface area contributed by atoms with Gasteiger partial charge in [0.15, 0.2) is 0 Å². The molecule has 11 heavy (non-hydrogen) atoms. The molecule has 2 bridgehead atoms. The quantitative estimate of drug-likeness (QED) is 0.513. The third-order valence-corrected chi connectivity index (χ3v) is 3.80. The van der Waals surface area contributed by atoms with Crippen molar-refractivity contribution in [1.29, 1.82) is 0 Å². The van der Waals surface area contributed by atoms with Crippen LogP contribution in [0.1, 0.15) is 25.7 Å². The maximum absolute atomic E-state index is 9.51. The van der Waals surface area contributed by atoms with Crippen molar-refractivity contribution in [3.05, 3.63) is 0 Å². The molecule has 2 aliphatic heterocycles. The summed E-state index contributed by atoms with van der Waals surface area (Å²) in [7, 11) is 4.63. The molecular formula is C9H18NO+. The Balaban J connectivity index is 2.19. The van der Waals surface area contributed by atoms with Crippen LogP contribution in [0.5, 0.6) is 0 Å². The number of aliphatic hydroxyl groups is 1. The Labute approximate surface area is 68.4 Å². The fourth-order valence-corrected chi connectivity index (χ4v) is 2.85. The summed E-state index contributed by atoms with van der Waals surface area (Å²) in [6.45, 7) is 0. The van der Waals surface area contributed by atoms with E-state index in [4.69, 9.17) is 0 Å². The zero-order valence-electron chi connectivity index (χ0n) is 7.45. The molecule has 64 valence electrons. The minimum Gasteiger partial charge on any atom is -0.393 e. The van der Waals surface area contributed by atoms with Crippen LogP contribution in [0, 0.1) is 0 Å². The van der Waals surface area contributed by atoms with Crippen LogP contribution in [0.2, 0.25) is 0 Å². The van der Waals surface area contributed by atoms with E-state index in [1.807, 2.05) is 0 Å². The van der Waals surface area contributed by atoms with Gasteiger partial charge in [-0.3, -0.25) is 0 Å². The molecule has 0 radical (unpaired) electrons. The molecule has 0 aromatic rings. The molecule has 3 atom stereocenters. The van der Waals surface area contributed by atoms with Gasteiger partial charge in [-0.1, -0.05) is 0 Å². The number of hydrogen-bond acceptors (Lipinski definition) is 1. The standard InChI is InChI=1S/C9H18NO/c1-10(2)7-3-4-8(10)6-9(11)5-7/h7-9,11H,3-6H2,1-2H3/q+1/t7-,8+,9?. The van der Waals surface area contributed by atoms with Crippen molar-refractivity contribution >= 4 is 0 Å². The fraction of sp³-hybridized carbons (Fsp3) is 1.00. The van der Waals surface area contributed by atoms with Gasteiger partial charge in [0.2, 0.25) is 0 Å². The number of quaternary nitrogens is 1. The highest BCUT2D eigenvalue weighted by Crippen LogP contribution is 2.39. The summed E-state index contributed by atoms with van der Waals surface area (Å²) in [6, 6.07) is 1.48. The third-order valence-electron chi connectivity index (χ3n) is 3.80. The molecule has 2 heterocycles. The topological polar surface area (TPSA) is 20.2 Å². The van der Waals surface area contributed by atoms with Crippen LogP contribution >= 0.6 is 0 Å². The largest absolute Gasteiger partial charge is 0.393 e. The van der Waals surface area contributed by atoms with E-state index in [2.05, 4.69) is 14.1 Å². The van der Waals surface area contributed by atoms with E-state index in [0.717, 1.165) is 29.4 Å². The van der Waals surface area contributed by atoms with Crippen molar-refractivity contribution in [2.24, 2.45) is 0 Å². The molecule has 2 rings (SSSR count). The molecule has 0 aliphatic carbocycles. The number of nitrogens with zero attached hydrogens (tertiary/aromatic N) is 1. The summed E-state index contributed by atoms with van der Waals surface area (Å²) >= 11 is 0. The van der Waals surface area contributed by atoms with Crippen LogP contribution in [0.25, 0.3) is 0 Å².